The molecule has 0 fully saturated rings. The summed E-state index contributed by atoms with van der Waals surface area (Å²) in [6.45, 7) is 6.07. The van der Waals surface area contributed by atoms with E-state index in [4.69, 9.17) is 4.74 Å². The first-order valence-corrected chi connectivity index (χ1v) is 7.46. The van der Waals surface area contributed by atoms with Crippen LogP contribution in [0.15, 0.2) is 30.6 Å². The normalized spacial score (nSPS) is 17.4. The van der Waals surface area contributed by atoms with Crippen molar-refractivity contribution in [1.29, 1.82) is 0 Å². The fraction of sp³-hybridized carbons (Fsp3) is 0.438. The number of carbonyl (C=O) groups is 1. The van der Waals surface area contributed by atoms with Crippen molar-refractivity contribution in [2.45, 2.75) is 39.6 Å². The van der Waals surface area contributed by atoms with Gasteiger partial charge < -0.3 is 14.2 Å². The smallest absolute Gasteiger partial charge is 0.220 e. The first kappa shape index (κ1) is 14.7. The van der Waals surface area contributed by atoms with Crippen molar-refractivity contribution in [3.05, 3.63) is 47.8 Å². The zero-order valence-corrected chi connectivity index (χ0v) is 12.9. The van der Waals surface area contributed by atoms with Crippen LogP contribution in [0, 0.1) is 0 Å². The van der Waals surface area contributed by atoms with Gasteiger partial charge in [0, 0.05) is 26.2 Å². The monoisotopic (exact) mass is 300 g/mol. The maximum atomic E-state index is 11.6. The molecular formula is C16H20N4O2. The molecule has 1 atom stereocenters. The van der Waals surface area contributed by atoms with Crippen LogP contribution < -0.4 is 0 Å². The minimum atomic E-state index is 0.00999. The summed E-state index contributed by atoms with van der Waals surface area (Å²) in [7, 11) is 0. The first-order chi connectivity index (χ1) is 10.7. The lowest BCUT2D eigenvalue weighted by Gasteiger charge is -2.33. The number of hydrogen-bond donors (Lipinski definition) is 0. The number of fused-ring (bicyclic) bond motifs is 1. The second-order valence-corrected chi connectivity index (χ2v) is 5.46. The average molecular weight is 300 g/mol. The molecular weight excluding hydrogens is 280 g/mol. The van der Waals surface area contributed by atoms with E-state index in [9.17, 15) is 4.79 Å². The van der Waals surface area contributed by atoms with E-state index in [0.717, 1.165) is 23.8 Å². The van der Waals surface area contributed by atoms with Crippen LogP contribution in [-0.4, -0.2) is 31.9 Å². The standard InChI is InChI=1S/C16H20N4O2/c1-12-16-18-9-15(20(16)8-7-19(12)13(2)21)11-22-10-14-5-3-4-6-17-14/h3-6,9,12H,7-8,10-11H2,1-2H3/t12-/m0/s1. The Morgan fingerprint density at radius 1 is 1.32 bits per heavy atom. The zero-order valence-electron chi connectivity index (χ0n) is 12.9. The van der Waals surface area contributed by atoms with Gasteiger partial charge in [-0.3, -0.25) is 9.78 Å². The summed E-state index contributed by atoms with van der Waals surface area (Å²) in [5.41, 5.74) is 1.96. The molecule has 1 aliphatic heterocycles. The quantitative estimate of drug-likeness (QED) is 0.865. The minimum Gasteiger partial charge on any atom is -0.369 e. The van der Waals surface area contributed by atoms with Crippen LogP contribution in [0.3, 0.4) is 0 Å². The zero-order chi connectivity index (χ0) is 15.5. The summed E-state index contributed by atoms with van der Waals surface area (Å²) in [6, 6.07) is 5.79. The summed E-state index contributed by atoms with van der Waals surface area (Å²) >= 11 is 0. The molecule has 0 saturated heterocycles. The Labute approximate surface area is 129 Å². The second kappa shape index (κ2) is 6.27. The molecule has 3 heterocycles. The van der Waals surface area contributed by atoms with Crippen LogP contribution in [0.2, 0.25) is 0 Å². The van der Waals surface area contributed by atoms with Crippen molar-refractivity contribution in [2.24, 2.45) is 0 Å². The van der Waals surface area contributed by atoms with Crippen LogP contribution in [-0.2, 0) is 29.3 Å². The van der Waals surface area contributed by atoms with E-state index in [-0.39, 0.29) is 11.9 Å². The minimum absolute atomic E-state index is 0.00999. The first-order valence-electron chi connectivity index (χ1n) is 7.46. The predicted octanol–water partition coefficient (Wildman–Crippen LogP) is 1.92. The van der Waals surface area contributed by atoms with E-state index in [0.29, 0.717) is 19.8 Å². The molecule has 0 radical (unpaired) electrons. The van der Waals surface area contributed by atoms with Gasteiger partial charge in [-0.2, -0.15) is 0 Å². The van der Waals surface area contributed by atoms with Crippen molar-refractivity contribution < 1.29 is 9.53 Å². The molecule has 0 bridgehead atoms. The van der Waals surface area contributed by atoms with Crippen LogP contribution in [0.25, 0.3) is 0 Å². The van der Waals surface area contributed by atoms with E-state index >= 15 is 0 Å². The highest BCUT2D eigenvalue weighted by molar-refractivity contribution is 5.73. The van der Waals surface area contributed by atoms with E-state index in [1.807, 2.05) is 36.2 Å². The number of amides is 1. The molecule has 1 aliphatic rings. The maximum absolute atomic E-state index is 11.6. The molecule has 0 saturated carbocycles. The Kier molecular flexibility index (Phi) is 4.20. The van der Waals surface area contributed by atoms with Gasteiger partial charge >= 0.3 is 0 Å². The molecule has 0 N–H and O–H groups in total. The highest BCUT2D eigenvalue weighted by atomic mass is 16.5. The molecule has 0 unspecified atom stereocenters. The van der Waals surface area contributed by atoms with Crippen LogP contribution in [0.1, 0.15) is 37.1 Å². The Balaban J connectivity index is 1.65. The van der Waals surface area contributed by atoms with E-state index in [2.05, 4.69) is 14.5 Å². The summed E-state index contributed by atoms with van der Waals surface area (Å²) in [6.07, 6.45) is 3.60. The Morgan fingerprint density at radius 3 is 2.91 bits per heavy atom. The van der Waals surface area contributed by atoms with Gasteiger partial charge in [-0.15, -0.1) is 0 Å². The second-order valence-electron chi connectivity index (χ2n) is 5.46. The number of pyridine rings is 1. The number of ether oxygens (including phenoxy) is 1. The van der Waals surface area contributed by atoms with Gasteiger partial charge in [0.05, 0.1) is 36.8 Å². The van der Waals surface area contributed by atoms with Gasteiger partial charge in [-0.05, 0) is 19.1 Å². The molecule has 2 aromatic heterocycles. The predicted molar refractivity (Wildman–Crippen MR) is 80.8 cm³/mol. The summed E-state index contributed by atoms with van der Waals surface area (Å²) in [5.74, 6) is 1.02. The number of rotatable bonds is 4. The largest absolute Gasteiger partial charge is 0.369 e. The van der Waals surface area contributed by atoms with Gasteiger partial charge in [0.15, 0.2) is 0 Å². The highest BCUT2D eigenvalue weighted by Crippen LogP contribution is 2.25. The summed E-state index contributed by atoms with van der Waals surface area (Å²) in [4.78, 5) is 22.2. The SMILES string of the molecule is CC(=O)N1CCn2c(COCc3ccccn3)cnc2[C@@H]1C. The lowest BCUT2D eigenvalue weighted by atomic mass is 10.2. The third kappa shape index (κ3) is 2.87. The third-order valence-electron chi connectivity index (χ3n) is 4.01. The fourth-order valence-corrected chi connectivity index (χ4v) is 2.85. The number of nitrogens with zero attached hydrogens (tertiary/aromatic N) is 4. The third-order valence-corrected chi connectivity index (χ3v) is 4.01. The molecule has 22 heavy (non-hydrogen) atoms. The number of carbonyl (C=O) groups excluding carboxylic acids is 1. The molecule has 0 aromatic carbocycles. The van der Waals surface area contributed by atoms with E-state index in [1.54, 1.807) is 13.1 Å². The van der Waals surface area contributed by atoms with Crippen molar-refractivity contribution >= 4 is 5.91 Å². The summed E-state index contributed by atoms with van der Waals surface area (Å²) < 4.78 is 7.89. The Morgan fingerprint density at radius 2 is 2.18 bits per heavy atom. The van der Waals surface area contributed by atoms with Crippen molar-refractivity contribution in [3.63, 3.8) is 0 Å². The van der Waals surface area contributed by atoms with Gasteiger partial charge in [-0.1, -0.05) is 6.07 Å². The number of imidazole rings is 1. The van der Waals surface area contributed by atoms with E-state index < -0.39 is 0 Å². The molecule has 0 aliphatic carbocycles. The molecule has 6 heteroatoms. The number of hydrogen-bond acceptors (Lipinski definition) is 4. The molecule has 6 nitrogen and oxygen atoms in total. The van der Waals surface area contributed by atoms with E-state index in [1.165, 1.54) is 0 Å². The Hall–Kier alpha value is -2.21. The van der Waals surface area contributed by atoms with Gasteiger partial charge in [-0.25, -0.2) is 4.98 Å². The van der Waals surface area contributed by atoms with Crippen molar-refractivity contribution in [1.82, 2.24) is 19.4 Å². The molecule has 0 spiro atoms. The van der Waals surface area contributed by atoms with Gasteiger partial charge in [0.1, 0.15) is 5.82 Å². The highest BCUT2D eigenvalue weighted by Gasteiger charge is 2.28. The molecule has 1 amide bonds. The van der Waals surface area contributed by atoms with Crippen molar-refractivity contribution in [3.8, 4) is 0 Å². The van der Waals surface area contributed by atoms with Crippen LogP contribution in [0.4, 0.5) is 0 Å². The fourth-order valence-electron chi connectivity index (χ4n) is 2.85. The number of aromatic nitrogens is 3. The summed E-state index contributed by atoms with van der Waals surface area (Å²) in [5, 5.41) is 0. The van der Waals surface area contributed by atoms with Gasteiger partial charge in [0.25, 0.3) is 0 Å². The average Bonchev–Trinajstić information content (AvgIpc) is 2.92. The lowest BCUT2D eigenvalue weighted by molar-refractivity contribution is -0.132. The van der Waals surface area contributed by atoms with Crippen LogP contribution >= 0.6 is 0 Å². The topological polar surface area (TPSA) is 60.2 Å². The molecule has 2 aromatic rings. The lowest BCUT2D eigenvalue weighted by Crippen LogP contribution is -2.40. The Bertz CT molecular complexity index is 653. The molecule has 116 valence electrons. The van der Waals surface area contributed by atoms with Crippen LogP contribution in [0.5, 0.6) is 0 Å². The van der Waals surface area contributed by atoms with Crippen molar-refractivity contribution in [2.75, 3.05) is 6.54 Å². The molecule has 3 rings (SSSR count). The maximum Gasteiger partial charge on any atom is 0.220 e. The van der Waals surface area contributed by atoms with Gasteiger partial charge in [0.2, 0.25) is 5.91 Å².